The van der Waals surface area contributed by atoms with Crippen LogP contribution in [-0.4, -0.2) is 44.7 Å². The molecular formula is C22H28N2O3S3. The Morgan fingerprint density at radius 2 is 1.70 bits per heavy atom. The van der Waals surface area contributed by atoms with E-state index in [-0.39, 0.29) is 5.91 Å². The Bertz CT molecular complexity index is 888. The number of benzene rings is 2. The van der Waals surface area contributed by atoms with E-state index in [1.165, 1.54) is 11.6 Å². The molecule has 0 fully saturated rings. The molecule has 0 aliphatic carbocycles. The number of carbonyl (C=O) groups is 1. The summed E-state index contributed by atoms with van der Waals surface area (Å²) in [7, 11) is -3.73. The fourth-order valence-electron chi connectivity index (χ4n) is 2.58. The van der Waals surface area contributed by atoms with Gasteiger partial charge in [0, 0.05) is 23.5 Å². The Balaban J connectivity index is 1.83. The Labute approximate surface area is 188 Å². The molecule has 0 radical (unpaired) electrons. The molecule has 0 aliphatic heterocycles. The maximum Gasteiger partial charge on any atom is 0.238 e. The number of thioether (sulfide) groups is 2. The first kappa shape index (κ1) is 24.5. The first-order valence-corrected chi connectivity index (χ1v) is 13.7. The molecule has 0 saturated carbocycles. The molecule has 162 valence electrons. The van der Waals surface area contributed by atoms with Gasteiger partial charge in [0.15, 0.2) is 0 Å². The summed E-state index contributed by atoms with van der Waals surface area (Å²) in [5.74, 6) is 2.03. The third-order valence-corrected chi connectivity index (χ3v) is 6.91. The lowest BCUT2D eigenvalue weighted by molar-refractivity contribution is -0.122. The van der Waals surface area contributed by atoms with Gasteiger partial charge in [0.25, 0.3) is 0 Å². The fourth-order valence-corrected chi connectivity index (χ4v) is 4.91. The number of rotatable bonds is 13. The lowest BCUT2D eigenvalue weighted by Crippen LogP contribution is -2.47. The highest BCUT2D eigenvalue weighted by Gasteiger charge is 2.22. The van der Waals surface area contributed by atoms with Crippen LogP contribution >= 0.6 is 23.5 Å². The standard InChI is InChI=1S/C22H28N2O3S3/c1-28-15-12-21(24-30(26,27)17-13-19-8-4-2-5-9-19)22(25)23-14-16-29-18-20-10-6-3-7-11-20/h2-11,13,17,21,24H,12,14-16,18H2,1H3,(H,23,25)/b17-13+. The minimum atomic E-state index is -3.73. The first-order valence-electron chi connectivity index (χ1n) is 9.64. The normalized spacial score (nSPS) is 12.7. The van der Waals surface area contributed by atoms with Crippen molar-refractivity contribution in [3.8, 4) is 0 Å². The van der Waals surface area contributed by atoms with Crippen LogP contribution < -0.4 is 10.0 Å². The molecule has 5 nitrogen and oxygen atoms in total. The molecule has 2 N–H and O–H groups in total. The molecule has 0 heterocycles. The molecule has 2 rings (SSSR count). The summed E-state index contributed by atoms with van der Waals surface area (Å²) in [6, 6.07) is 18.5. The summed E-state index contributed by atoms with van der Waals surface area (Å²) in [5, 5.41) is 3.96. The smallest absolute Gasteiger partial charge is 0.238 e. The fraction of sp³-hybridized carbons (Fsp3) is 0.318. The number of carbonyl (C=O) groups excluding carboxylic acids is 1. The number of hydrogen-bond donors (Lipinski definition) is 2. The summed E-state index contributed by atoms with van der Waals surface area (Å²) in [5.41, 5.74) is 2.02. The van der Waals surface area contributed by atoms with Gasteiger partial charge in [-0.3, -0.25) is 4.79 Å². The zero-order valence-corrected chi connectivity index (χ0v) is 19.4. The van der Waals surface area contributed by atoms with E-state index in [0.29, 0.717) is 18.7 Å². The molecule has 30 heavy (non-hydrogen) atoms. The summed E-state index contributed by atoms with van der Waals surface area (Å²) in [6.45, 7) is 0.494. The predicted molar refractivity (Wildman–Crippen MR) is 130 cm³/mol. The molecule has 1 amide bonds. The highest BCUT2D eigenvalue weighted by molar-refractivity contribution is 7.98. The molecular weight excluding hydrogens is 436 g/mol. The number of nitrogens with one attached hydrogen (secondary N) is 2. The quantitative estimate of drug-likeness (QED) is 0.442. The molecule has 8 heteroatoms. The zero-order valence-electron chi connectivity index (χ0n) is 17.0. The van der Waals surface area contributed by atoms with Crippen molar-refractivity contribution in [2.75, 3.05) is 24.3 Å². The van der Waals surface area contributed by atoms with Gasteiger partial charge >= 0.3 is 0 Å². The summed E-state index contributed by atoms with van der Waals surface area (Å²) in [4.78, 5) is 12.6. The molecule has 0 aromatic heterocycles. The van der Waals surface area contributed by atoms with E-state index in [4.69, 9.17) is 0 Å². The largest absolute Gasteiger partial charge is 0.354 e. The van der Waals surface area contributed by atoms with E-state index in [0.717, 1.165) is 22.5 Å². The second-order valence-corrected chi connectivity index (χ2v) is 10.2. The van der Waals surface area contributed by atoms with Crippen molar-refractivity contribution in [2.24, 2.45) is 0 Å². The van der Waals surface area contributed by atoms with Crippen LogP contribution in [-0.2, 0) is 20.6 Å². The van der Waals surface area contributed by atoms with Crippen molar-refractivity contribution in [1.82, 2.24) is 10.0 Å². The van der Waals surface area contributed by atoms with Crippen molar-refractivity contribution >= 4 is 45.5 Å². The average Bonchev–Trinajstić information content (AvgIpc) is 2.76. The van der Waals surface area contributed by atoms with Crippen LogP contribution in [0.25, 0.3) is 6.08 Å². The van der Waals surface area contributed by atoms with Crippen molar-refractivity contribution in [3.05, 3.63) is 77.2 Å². The number of sulfonamides is 1. The third kappa shape index (κ3) is 9.84. The number of hydrogen-bond acceptors (Lipinski definition) is 5. The minimum Gasteiger partial charge on any atom is -0.354 e. The molecule has 1 unspecified atom stereocenters. The highest BCUT2D eigenvalue weighted by Crippen LogP contribution is 2.11. The van der Waals surface area contributed by atoms with Crippen LogP contribution in [0.1, 0.15) is 17.5 Å². The van der Waals surface area contributed by atoms with Crippen molar-refractivity contribution in [1.29, 1.82) is 0 Å². The van der Waals surface area contributed by atoms with Gasteiger partial charge in [-0.25, -0.2) is 8.42 Å². The van der Waals surface area contributed by atoms with E-state index < -0.39 is 16.1 Å². The Kier molecular flexibility index (Phi) is 11.1. The highest BCUT2D eigenvalue weighted by atomic mass is 32.2. The van der Waals surface area contributed by atoms with Gasteiger partial charge in [-0.05, 0) is 35.6 Å². The van der Waals surface area contributed by atoms with Crippen LogP contribution in [0.15, 0.2) is 66.1 Å². The van der Waals surface area contributed by atoms with Crippen molar-refractivity contribution < 1.29 is 13.2 Å². The third-order valence-electron chi connectivity index (χ3n) is 4.13. The van der Waals surface area contributed by atoms with Crippen molar-refractivity contribution in [3.63, 3.8) is 0 Å². The van der Waals surface area contributed by atoms with E-state index in [9.17, 15) is 13.2 Å². The van der Waals surface area contributed by atoms with E-state index in [1.54, 1.807) is 23.5 Å². The minimum absolute atomic E-state index is 0.291. The average molecular weight is 465 g/mol. The van der Waals surface area contributed by atoms with Gasteiger partial charge in [0.1, 0.15) is 6.04 Å². The van der Waals surface area contributed by atoms with Crippen LogP contribution in [0.2, 0.25) is 0 Å². The molecule has 1 atom stereocenters. The molecule has 2 aromatic carbocycles. The van der Waals surface area contributed by atoms with Crippen molar-refractivity contribution in [2.45, 2.75) is 18.2 Å². The van der Waals surface area contributed by atoms with E-state index in [2.05, 4.69) is 22.2 Å². The van der Waals surface area contributed by atoms with Gasteiger partial charge in [-0.1, -0.05) is 60.7 Å². The van der Waals surface area contributed by atoms with Gasteiger partial charge in [0.05, 0.1) is 0 Å². The molecule has 0 bridgehead atoms. The molecule has 0 spiro atoms. The monoisotopic (exact) mass is 464 g/mol. The Morgan fingerprint density at radius 1 is 1.03 bits per heavy atom. The summed E-state index contributed by atoms with van der Waals surface area (Å²) >= 11 is 3.30. The van der Waals surface area contributed by atoms with Gasteiger partial charge in [-0.15, -0.1) is 0 Å². The van der Waals surface area contributed by atoms with Gasteiger partial charge < -0.3 is 5.32 Å². The van der Waals surface area contributed by atoms with Crippen LogP contribution in [0.4, 0.5) is 0 Å². The zero-order chi connectivity index (χ0) is 21.7. The van der Waals surface area contributed by atoms with Gasteiger partial charge in [-0.2, -0.15) is 28.2 Å². The Hall–Kier alpha value is -1.74. The second kappa shape index (κ2) is 13.5. The topological polar surface area (TPSA) is 75.3 Å². The van der Waals surface area contributed by atoms with Crippen LogP contribution in [0.5, 0.6) is 0 Å². The Morgan fingerprint density at radius 3 is 2.37 bits per heavy atom. The van der Waals surface area contributed by atoms with Crippen LogP contribution in [0, 0.1) is 0 Å². The maximum atomic E-state index is 12.6. The van der Waals surface area contributed by atoms with Gasteiger partial charge in [0.2, 0.25) is 15.9 Å². The summed E-state index contributed by atoms with van der Waals surface area (Å²) in [6.07, 6.45) is 3.88. The second-order valence-electron chi connectivity index (χ2n) is 6.54. The SMILES string of the molecule is CSCCC(NS(=O)(=O)/C=C/c1ccccc1)C(=O)NCCSCc1ccccc1. The maximum absolute atomic E-state index is 12.6. The lowest BCUT2D eigenvalue weighted by Gasteiger charge is -2.17. The van der Waals surface area contributed by atoms with E-state index >= 15 is 0 Å². The summed E-state index contributed by atoms with van der Waals surface area (Å²) < 4.78 is 27.4. The first-order chi connectivity index (χ1) is 14.5. The molecule has 2 aromatic rings. The predicted octanol–water partition coefficient (Wildman–Crippen LogP) is 3.75. The van der Waals surface area contributed by atoms with E-state index in [1.807, 2.05) is 54.8 Å². The van der Waals surface area contributed by atoms with Crippen LogP contribution in [0.3, 0.4) is 0 Å². The number of amides is 1. The molecule has 0 saturated heterocycles. The molecule has 0 aliphatic rings. The lowest BCUT2D eigenvalue weighted by atomic mass is 10.2.